The van der Waals surface area contributed by atoms with E-state index in [-0.39, 0.29) is 17.1 Å². The van der Waals surface area contributed by atoms with Crippen LogP contribution in [0.3, 0.4) is 0 Å². The number of rotatable bonds is 5. The molecule has 1 aromatic carbocycles. The molecule has 1 aliphatic rings. The molecule has 1 amide bonds. The molecule has 1 aromatic heterocycles. The summed E-state index contributed by atoms with van der Waals surface area (Å²) in [6, 6.07) is 10.3. The van der Waals surface area contributed by atoms with Crippen molar-refractivity contribution in [2.24, 2.45) is 5.92 Å². The molecule has 0 saturated carbocycles. The second kappa shape index (κ2) is 8.16. The Kier molecular flexibility index (Phi) is 5.91. The molecule has 2 N–H and O–H groups in total. The summed E-state index contributed by atoms with van der Waals surface area (Å²) in [5.41, 5.74) is 1.85. The fourth-order valence-corrected chi connectivity index (χ4v) is 4.45. The molecule has 5 nitrogen and oxygen atoms in total. The lowest BCUT2D eigenvalue weighted by atomic mass is 10.0. The van der Waals surface area contributed by atoms with E-state index < -0.39 is 0 Å². The number of amides is 1. The van der Waals surface area contributed by atoms with Gasteiger partial charge in [0.1, 0.15) is 0 Å². The Morgan fingerprint density at radius 3 is 2.65 bits per heavy atom. The molecule has 0 unspecified atom stereocenters. The summed E-state index contributed by atoms with van der Waals surface area (Å²) in [4.78, 5) is 19.9. The smallest absolute Gasteiger partial charge is 0.236 e. The molecule has 1 fully saturated rings. The van der Waals surface area contributed by atoms with Gasteiger partial charge in [-0.25, -0.2) is 9.66 Å². The van der Waals surface area contributed by atoms with Crippen LogP contribution < -0.4 is 5.84 Å². The van der Waals surface area contributed by atoms with Gasteiger partial charge in [0.05, 0.1) is 17.1 Å². The highest BCUT2D eigenvalue weighted by molar-refractivity contribution is 8.00. The Morgan fingerprint density at radius 2 is 2.00 bits per heavy atom. The SMILES string of the molecule is CC(C)[C@@H](Sc1nc(-c2ccccc2)cn1N)C(=O)N1CCCC[C@@H]1C. The molecule has 1 aliphatic heterocycles. The zero-order chi connectivity index (χ0) is 18.7. The van der Waals surface area contributed by atoms with E-state index in [2.05, 4.69) is 25.8 Å². The van der Waals surface area contributed by atoms with Gasteiger partial charge in [-0.15, -0.1) is 0 Å². The monoisotopic (exact) mass is 372 g/mol. The van der Waals surface area contributed by atoms with Crippen LogP contribution >= 0.6 is 11.8 Å². The summed E-state index contributed by atoms with van der Waals surface area (Å²) in [5, 5.41) is 0.504. The Morgan fingerprint density at radius 1 is 1.27 bits per heavy atom. The van der Waals surface area contributed by atoms with Crippen molar-refractivity contribution in [2.45, 2.75) is 56.5 Å². The molecule has 140 valence electrons. The van der Waals surface area contributed by atoms with Crippen molar-refractivity contribution < 1.29 is 4.79 Å². The molecule has 1 saturated heterocycles. The van der Waals surface area contributed by atoms with Crippen LogP contribution in [0.2, 0.25) is 0 Å². The van der Waals surface area contributed by atoms with Gasteiger partial charge in [0, 0.05) is 18.2 Å². The van der Waals surface area contributed by atoms with Gasteiger partial charge in [0.2, 0.25) is 5.91 Å². The van der Waals surface area contributed by atoms with Crippen LogP contribution in [0.25, 0.3) is 11.3 Å². The molecule has 2 atom stereocenters. The van der Waals surface area contributed by atoms with Crippen molar-refractivity contribution >= 4 is 17.7 Å². The first-order valence-electron chi connectivity index (χ1n) is 9.34. The average molecular weight is 373 g/mol. The van der Waals surface area contributed by atoms with Gasteiger partial charge in [0.25, 0.3) is 0 Å². The summed E-state index contributed by atoms with van der Waals surface area (Å²) >= 11 is 1.48. The van der Waals surface area contributed by atoms with Gasteiger partial charge in [-0.05, 0) is 32.1 Å². The van der Waals surface area contributed by atoms with Crippen LogP contribution in [0.15, 0.2) is 41.7 Å². The van der Waals surface area contributed by atoms with Gasteiger partial charge < -0.3 is 10.7 Å². The van der Waals surface area contributed by atoms with Crippen LogP contribution in [-0.2, 0) is 4.79 Å². The van der Waals surface area contributed by atoms with Gasteiger partial charge >= 0.3 is 0 Å². The predicted octanol–water partition coefficient (Wildman–Crippen LogP) is 3.78. The second-order valence-corrected chi connectivity index (χ2v) is 8.45. The third kappa shape index (κ3) is 4.06. The first-order chi connectivity index (χ1) is 12.5. The maximum Gasteiger partial charge on any atom is 0.236 e. The molecule has 6 heteroatoms. The van der Waals surface area contributed by atoms with E-state index in [0.717, 1.165) is 30.6 Å². The van der Waals surface area contributed by atoms with Crippen LogP contribution in [0.5, 0.6) is 0 Å². The Balaban J connectivity index is 1.80. The van der Waals surface area contributed by atoms with Crippen molar-refractivity contribution in [3.63, 3.8) is 0 Å². The van der Waals surface area contributed by atoms with Crippen molar-refractivity contribution in [2.75, 3.05) is 12.4 Å². The van der Waals surface area contributed by atoms with E-state index in [0.29, 0.717) is 11.2 Å². The maximum absolute atomic E-state index is 13.2. The topological polar surface area (TPSA) is 64.2 Å². The Bertz CT molecular complexity index is 744. The fourth-order valence-electron chi connectivity index (χ4n) is 3.39. The fraction of sp³-hybridized carbons (Fsp3) is 0.500. The highest BCUT2D eigenvalue weighted by atomic mass is 32.2. The van der Waals surface area contributed by atoms with E-state index in [1.165, 1.54) is 22.9 Å². The van der Waals surface area contributed by atoms with Crippen LogP contribution in [-0.4, -0.2) is 38.3 Å². The normalized spacial score (nSPS) is 18.9. The number of piperidine rings is 1. The average Bonchev–Trinajstić information content (AvgIpc) is 3.00. The van der Waals surface area contributed by atoms with Crippen molar-refractivity contribution in [1.29, 1.82) is 0 Å². The van der Waals surface area contributed by atoms with Crippen LogP contribution in [0.4, 0.5) is 0 Å². The van der Waals surface area contributed by atoms with E-state index in [9.17, 15) is 4.79 Å². The standard InChI is InChI=1S/C20H28N4OS/c1-14(2)18(19(25)23-12-8-7-9-15(23)3)26-20-22-17(13-24(20)21)16-10-5-4-6-11-16/h4-6,10-11,13-15,18H,7-9,12,21H2,1-3H3/t15-,18+/m0/s1. The second-order valence-electron chi connectivity index (χ2n) is 7.34. The van der Waals surface area contributed by atoms with Crippen LogP contribution in [0, 0.1) is 5.92 Å². The maximum atomic E-state index is 13.2. The number of benzene rings is 1. The molecule has 2 heterocycles. The predicted molar refractivity (Wildman–Crippen MR) is 107 cm³/mol. The lowest BCUT2D eigenvalue weighted by Crippen LogP contribution is -2.47. The minimum Gasteiger partial charge on any atom is -0.339 e. The number of carbonyl (C=O) groups excluding carboxylic acids is 1. The van der Waals surface area contributed by atoms with E-state index in [1.807, 2.05) is 41.4 Å². The molecule has 3 rings (SSSR count). The molecule has 0 aliphatic carbocycles. The summed E-state index contributed by atoms with van der Waals surface area (Å²) < 4.78 is 1.54. The highest BCUT2D eigenvalue weighted by Crippen LogP contribution is 2.32. The van der Waals surface area contributed by atoms with Crippen molar-refractivity contribution in [3.05, 3.63) is 36.5 Å². The van der Waals surface area contributed by atoms with E-state index in [1.54, 1.807) is 0 Å². The number of nitrogens with two attached hydrogens (primary N) is 1. The third-order valence-corrected chi connectivity index (χ3v) is 6.45. The first-order valence-corrected chi connectivity index (χ1v) is 10.2. The van der Waals surface area contributed by atoms with E-state index in [4.69, 9.17) is 5.84 Å². The lowest BCUT2D eigenvalue weighted by Gasteiger charge is -2.36. The molecule has 0 bridgehead atoms. The summed E-state index contributed by atoms with van der Waals surface area (Å²) in [5.74, 6) is 6.56. The van der Waals surface area contributed by atoms with Gasteiger partial charge in [-0.2, -0.15) is 0 Å². The number of nitrogens with zero attached hydrogens (tertiary/aromatic N) is 3. The number of carbonyl (C=O) groups is 1. The largest absolute Gasteiger partial charge is 0.339 e. The van der Waals surface area contributed by atoms with E-state index >= 15 is 0 Å². The minimum absolute atomic E-state index is 0.177. The first kappa shape index (κ1) is 18.8. The number of thioether (sulfide) groups is 1. The molecule has 2 aromatic rings. The molecular formula is C20H28N4OS. The number of aromatic nitrogens is 2. The van der Waals surface area contributed by atoms with Crippen molar-refractivity contribution in [3.8, 4) is 11.3 Å². The zero-order valence-corrected chi connectivity index (χ0v) is 16.6. The van der Waals surface area contributed by atoms with Gasteiger partial charge in [0.15, 0.2) is 5.16 Å². The van der Waals surface area contributed by atoms with Crippen molar-refractivity contribution in [1.82, 2.24) is 14.6 Å². The zero-order valence-electron chi connectivity index (χ0n) is 15.8. The number of imidazole rings is 1. The number of hydrogen-bond acceptors (Lipinski definition) is 4. The highest BCUT2D eigenvalue weighted by Gasteiger charge is 2.33. The quantitative estimate of drug-likeness (QED) is 0.641. The molecule has 0 radical (unpaired) electrons. The number of hydrogen-bond donors (Lipinski definition) is 1. The van der Waals surface area contributed by atoms with Crippen LogP contribution in [0.1, 0.15) is 40.0 Å². The van der Waals surface area contributed by atoms with Gasteiger partial charge in [-0.3, -0.25) is 4.79 Å². The third-order valence-electron chi connectivity index (χ3n) is 4.94. The minimum atomic E-state index is -0.177. The lowest BCUT2D eigenvalue weighted by molar-refractivity contribution is -0.134. The molecule has 26 heavy (non-hydrogen) atoms. The summed E-state index contributed by atoms with van der Waals surface area (Å²) in [6.07, 6.45) is 5.21. The Labute approximate surface area is 159 Å². The molecule has 0 spiro atoms. The Hall–Kier alpha value is -1.95. The summed E-state index contributed by atoms with van der Waals surface area (Å²) in [7, 11) is 0. The number of nitrogen functional groups attached to an aromatic ring is 1. The summed E-state index contributed by atoms with van der Waals surface area (Å²) in [6.45, 7) is 7.19. The number of likely N-dealkylation sites (tertiary alicyclic amines) is 1. The van der Waals surface area contributed by atoms with Gasteiger partial charge in [-0.1, -0.05) is 55.9 Å². The molecular weight excluding hydrogens is 344 g/mol.